The lowest BCUT2D eigenvalue weighted by Gasteiger charge is -2.15. The molecule has 8 nitrogen and oxygen atoms in total. The Hall–Kier alpha value is -2.97. The topological polar surface area (TPSA) is 156 Å². The number of carbonyl (C=O) groups excluding carboxylic acids is 2. The van der Waals surface area contributed by atoms with Crippen molar-refractivity contribution < 1.29 is 23.9 Å². The van der Waals surface area contributed by atoms with E-state index >= 15 is 0 Å². The second-order valence-electron chi connectivity index (χ2n) is 6.64. The highest BCUT2D eigenvalue weighted by atomic mass is 32.1. The van der Waals surface area contributed by atoms with Gasteiger partial charge >= 0.3 is 7.60 Å². The molecule has 3 rings (SSSR count). The number of carbonyl (C=O) groups is 2. The van der Waals surface area contributed by atoms with Crippen molar-refractivity contribution in [3.63, 3.8) is 0 Å². The molecular weight excluding hydrogens is 425 g/mol. The number of nitrogens with two attached hydrogens (primary N) is 2. The highest BCUT2D eigenvalue weighted by Crippen LogP contribution is 2.42. The van der Waals surface area contributed by atoms with Gasteiger partial charge in [-0.2, -0.15) is 0 Å². The Morgan fingerprint density at radius 1 is 1.10 bits per heavy atom. The molecule has 7 N–H and O–H groups in total. The quantitative estimate of drug-likeness (QED) is 0.278. The van der Waals surface area contributed by atoms with Gasteiger partial charge in [-0.15, -0.1) is 11.3 Å². The van der Waals surface area contributed by atoms with E-state index in [0.717, 1.165) is 10.4 Å². The van der Waals surface area contributed by atoms with Crippen molar-refractivity contribution in [2.45, 2.75) is 12.1 Å². The first-order chi connectivity index (χ1) is 14.1. The lowest BCUT2D eigenvalue weighted by Crippen LogP contribution is -2.30. The van der Waals surface area contributed by atoms with E-state index in [9.17, 15) is 23.9 Å². The van der Waals surface area contributed by atoms with Gasteiger partial charge < -0.3 is 26.6 Å². The molecule has 30 heavy (non-hydrogen) atoms. The van der Waals surface area contributed by atoms with Gasteiger partial charge in [0.1, 0.15) is 5.66 Å². The summed E-state index contributed by atoms with van der Waals surface area (Å²) < 4.78 is 11.4. The molecule has 0 aliphatic rings. The number of nitrogen functional groups attached to an aromatic ring is 1. The zero-order valence-electron chi connectivity index (χ0n) is 15.7. The number of rotatable bonds is 7. The molecule has 156 valence electrons. The van der Waals surface area contributed by atoms with Crippen molar-refractivity contribution >= 4 is 42.1 Å². The summed E-state index contributed by atoms with van der Waals surface area (Å²) in [5.41, 5.74) is 12.1. The summed E-state index contributed by atoms with van der Waals surface area (Å²) in [6, 6.07) is 15.3. The minimum Gasteiger partial charge on any atom is -0.397 e. The van der Waals surface area contributed by atoms with E-state index < -0.39 is 25.1 Å². The fraction of sp³-hybridized carbons (Fsp3) is 0.100. The molecule has 3 aromatic rings. The van der Waals surface area contributed by atoms with E-state index in [-0.39, 0.29) is 6.42 Å². The number of hydrogen-bond acceptors (Lipinski definition) is 5. The zero-order valence-corrected chi connectivity index (χ0v) is 17.4. The maximum atomic E-state index is 12.6. The van der Waals surface area contributed by atoms with Crippen LogP contribution in [0, 0.1) is 0 Å². The second kappa shape index (κ2) is 8.81. The minimum absolute atomic E-state index is 0.225. The summed E-state index contributed by atoms with van der Waals surface area (Å²) >= 11 is 1.57. The highest BCUT2D eigenvalue weighted by Gasteiger charge is 2.34. The van der Waals surface area contributed by atoms with Gasteiger partial charge in [0.25, 0.3) is 5.91 Å². The van der Waals surface area contributed by atoms with Crippen LogP contribution in [0.25, 0.3) is 10.4 Å². The van der Waals surface area contributed by atoms with Crippen LogP contribution in [0.15, 0.2) is 60.0 Å². The zero-order chi connectivity index (χ0) is 21.9. The average Bonchev–Trinajstić information content (AvgIpc) is 3.22. The van der Waals surface area contributed by atoms with Crippen molar-refractivity contribution in [3.8, 4) is 10.4 Å². The van der Waals surface area contributed by atoms with Crippen LogP contribution in [0.1, 0.15) is 15.9 Å². The van der Waals surface area contributed by atoms with E-state index in [1.54, 1.807) is 23.5 Å². The molecule has 0 saturated heterocycles. The number of benzene rings is 2. The Bertz CT molecular complexity index is 1110. The van der Waals surface area contributed by atoms with E-state index in [2.05, 4.69) is 5.32 Å². The van der Waals surface area contributed by atoms with Gasteiger partial charge in [0.2, 0.25) is 5.91 Å². The fourth-order valence-corrected chi connectivity index (χ4v) is 4.36. The maximum Gasteiger partial charge on any atom is 0.338 e. The highest BCUT2D eigenvalue weighted by molar-refractivity contribution is 7.53. The van der Waals surface area contributed by atoms with Crippen LogP contribution >= 0.6 is 18.9 Å². The fourth-order valence-electron chi connectivity index (χ4n) is 2.86. The molecular formula is C20H20N3O5PS. The molecule has 0 radical (unpaired) electrons. The van der Waals surface area contributed by atoms with Crippen LogP contribution in [-0.2, 0) is 15.8 Å². The summed E-state index contributed by atoms with van der Waals surface area (Å²) in [6.45, 7) is 0. The van der Waals surface area contributed by atoms with Gasteiger partial charge in [-0.05, 0) is 53.3 Å². The molecule has 0 bridgehead atoms. The first kappa shape index (κ1) is 21.7. The largest absolute Gasteiger partial charge is 0.397 e. The number of nitrogens with one attached hydrogen (secondary N) is 1. The van der Waals surface area contributed by atoms with Crippen molar-refractivity contribution in [1.29, 1.82) is 0 Å². The SMILES string of the molecule is NC(=O)C(Cc1ccc(C(=O)Nc2cc(-c3cccs3)ccc2N)cc1)P(=O)(O)O. The average molecular weight is 445 g/mol. The third-order valence-corrected chi connectivity index (χ3v) is 6.65. The molecule has 0 aliphatic heterocycles. The van der Waals surface area contributed by atoms with E-state index in [1.165, 1.54) is 24.3 Å². The number of hydrogen-bond donors (Lipinski definition) is 5. The maximum absolute atomic E-state index is 12.6. The van der Waals surface area contributed by atoms with Gasteiger partial charge in [0.15, 0.2) is 0 Å². The molecule has 0 spiro atoms. The van der Waals surface area contributed by atoms with Crippen LogP contribution in [0.4, 0.5) is 11.4 Å². The predicted octanol–water partition coefficient (Wildman–Crippen LogP) is 2.82. The van der Waals surface area contributed by atoms with Crippen LogP contribution in [-0.4, -0.2) is 27.3 Å². The smallest absolute Gasteiger partial charge is 0.338 e. The van der Waals surface area contributed by atoms with Crippen LogP contribution in [0.3, 0.4) is 0 Å². The summed E-state index contributed by atoms with van der Waals surface area (Å²) in [6.07, 6.45) is -0.225. The molecule has 10 heteroatoms. The van der Waals surface area contributed by atoms with Crippen LogP contribution < -0.4 is 16.8 Å². The molecule has 1 aromatic heterocycles. The van der Waals surface area contributed by atoms with E-state index in [4.69, 9.17) is 11.5 Å². The molecule has 1 heterocycles. The van der Waals surface area contributed by atoms with Crippen molar-refractivity contribution in [3.05, 3.63) is 71.1 Å². The van der Waals surface area contributed by atoms with Gasteiger partial charge in [-0.3, -0.25) is 14.2 Å². The number of amides is 2. The summed E-state index contributed by atoms with van der Waals surface area (Å²) in [5, 5.41) is 4.73. The first-order valence-corrected chi connectivity index (χ1v) is 11.4. The first-order valence-electron chi connectivity index (χ1n) is 8.83. The summed E-state index contributed by atoms with van der Waals surface area (Å²) in [7, 11) is -4.67. The molecule has 2 amide bonds. The number of thiophene rings is 1. The Labute approximate surface area is 176 Å². The van der Waals surface area contributed by atoms with Gasteiger partial charge in [-0.25, -0.2) is 0 Å². The lowest BCUT2D eigenvalue weighted by molar-refractivity contribution is -0.117. The second-order valence-corrected chi connectivity index (χ2v) is 9.39. The normalized spacial score (nSPS) is 12.3. The number of anilines is 2. The summed E-state index contributed by atoms with van der Waals surface area (Å²) in [4.78, 5) is 43.5. The Balaban J connectivity index is 1.75. The number of primary amides is 1. The molecule has 1 atom stereocenters. The monoisotopic (exact) mass is 445 g/mol. The molecule has 2 aromatic carbocycles. The molecule has 0 fully saturated rings. The molecule has 1 unspecified atom stereocenters. The standard InChI is InChI=1S/C20H20N3O5PS/c21-15-8-7-14(18-2-1-9-30-18)11-16(15)23-20(25)13-5-3-12(4-6-13)10-17(19(22)24)29(26,27)28/h1-9,11,17H,10,21H2,(H2,22,24)(H,23,25)(H2,26,27,28). The van der Waals surface area contributed by atoms with Gasteiger partial charge in [-0.1, -0.05) is 24.3 Å². The third-order valence-electron chi connectivity index (χ3n) is 4.49. The van der Waals surface area contributed by atoms with Crippen molar-refractivity contribution in [1.82, 2.24) is 0 Å². The van der Waals surface area contributed by atoms with Crippen molar-refractivity contribution in [2.24, 2.45) is 5.73 Å². The Kier molecular flexibility index (Phi) is 6.38. The molecule has 0 saturated carbocycles. The lowest BCUT2D eigenvalue weighted by atomic mass is 10.1. The van der Waals surface area contributed by atoms with E-state index in [0.29, 0.717) is 22.5 Å². The van der Waals surface area contributed by atoms with Crippen LogP contribution in [0.2, 0.25) is 0 Å². The van der Waals surface area contributed by atoms with Crippen molar-refractivity contribution in [2.75, 3.05) is 11.1 Å². The van der Waals surface area contributed by atoms with Gasteiger partial charge in [0, 0.05) is 10.4 Å². The van der Waals surface area contributed by atoms with Gasteiger partial charge in [0.05, 0.1) is 11.4 Å². The van der Waals surface area contributed by atoms with Crippen LogP contribution in [0.5, 0.6) is 0 Å². The summed E-state index contributed by atoms with van der Waals surface area (Å²) in [5.74, 6) is -1.47. The molecule has 0 aliphatic carbocycles. The minimum atomic E-state index is -4.67. The van der Waals surface area contributed by atoms with E-state index in [1.807, 2.05) is 23.6 Å². The predicted molar refractivity (Wildman–Crippen MR) is 117 cm³/mol. The Morgan fingerprint density at radius 3 is 2.37 bits per heavy atom. The Morgan fingerprint density at radius 2 is 1.80 bits per heavy atom. The third kappa shape index (κ3) is 5.14.